The van der Waals surface area contributed by atoms with Crippen LogP contribution >= 0.6 is 0 Å². The van der Waals surface area contributed by atoms with E-state index < -0.39 is 60.7 Å². The smallest absolute Gasteiger partial charge is 0.326 e. The fourth-order valence-electron chi connectivity index (χ4n) is 3.69. The molecule has 13 heteroatoms. The average molecular weight is 504 g/mol. The van der Waals surface area contributed by atoms with Gasteiger partial charge in [-0.2, -0.15) is 0 Å². The number of aromatic amines is 1. The molecule has 0 aliphatic rings. The number of benzene rings is 1. The summed E-state index contributed by atoms with van der Waals surface area (Å²) in [6, 6.07) is 3.55. The molecule has 0 fully saturated rings. The quantitative estimate of drug-likeness (QED) is 0.129. The molecule has 1 aromatic carbocycles. The summed E-state index contributed by atoms with van der Waals surface area (Å²) >= 11 is 0. The van der Waals surface area contributed by atoms with Crippen LogP contribution in [0.15, 0.2) is 30.5 Å². The Bertz CT molecular complexity index is 1090. The summed E-state index contributed by atoms with van der Waals surface area (Å²) in [5.74, 6) is -4.35. The standard InChI is InChI=1S/C23H33N7O6/c24-8-4-3-7-16(23(35)36)29-21(33)17(9-13-12-27-15-6-2-1-5-14(13)15)30-22(34)18(10-19(26)31)28-20(32)11-25/h1-2,5-6,12,16-18,27H,3-4,7-11,24-25H2,(H2,26,31)(H,28,32)(H,29,33)(H,30,34)(H,35,36). The number of fused-ring (bicyclic) bond motifs is 1. The second-order valence-corrected chi connectivity index (χ2v) is 8.30. The van der Waals surface area contributed by atoms with Crippen molar-refractivity contribution in [1.82, 2.24) is 20.9 Å². The number of carboxylic acids is 1. The molecule has 13 nitrogen and oxygen atoms in total. The van der Waals surface area contributed by atoms with Gasteiger partial charge in [-0.25, -0.2) is 4.79 Å². The fraction of sp³-hybridized carbons (Fsp3) is 0.435. The van der Waals surface area contributed by atoms with Gasteiger partial charge in [-0.15, -0.1) is 0 Å². The van der Waals surface area contributed by atoms with Crippen molar-refractivity contribution < 1.29 is 29.1 Å². The van der Waals surface area contributed by atoms with E-state index in [-0.39, 0.29) is 12.8 Å². The Hall–Kier alpha value is -3.97. The molecule has 1 heterocycles. The van der Waals surface area contributed by atoms with Gasteiger partial charge in [-0.05, 0) is 37.4 Å². The third-order valence-electron chi connectivity index (χ3n) is 5.54. The Balaban J connectivity index is 2.29. The number of nitrogens with one attached hydrogen (secondary N) is 4. The lowest BCUT2D eigenvalue weighted by Crippen LogP contribution is -2.57. The number of carbonyl (C=O) groups is 5. The lowest BCUT2D eigenvalue weighted by molar-refractivity contribution is -0.142. The van der Waals surface area contributed by atoms with Crippen molar-refractivity contribution in [1.29, 1.82) is 0 Å². The lowest BCUT2D eigenvalue weighted by Gasteiger charge is -2.24. The molecule has 0 saturated heterocycles. The Kier molecular flexibility index (Phi) is 10.8. The number of unbranched alkanes of at least 4 members (excludes halogenated alkanes) is 1. The molecule has 1 aromatic heterocycles. The first-order valence-electron chi connectivity index (χ1n) is 11.5. The van der Waals surface area contributed by atoms with Crippen LogP contribution in [-0.4, -0.2) is 70.9 Å². The number of nitrogens with two attached hydrogens (primary N) is 3. The van der Waals surface area contributed by atoms with Crippen molar-refractivity contribution in [2.24, 2.45) is 17.2 Å². The number of aliphatic carboxylic acids is 1. The number of hydrogen-bond donors (Lipinski definition) is 8. The molecule has 0 aliphatic carbocycles. The summed E-state index contributed by atoms with van der Waals surface area (Å²) in [5, 5.41) is 17.7. The molecular formula is C23H33N7O6. The molecule has 0 saturated carbocycles. The van der Waals surface area contributed by atoms with Crippen LogP contribution in [0.1, 0.15) is 31.2 Å². The minimum absolute atomic E-state index is 0.00481. The van der Waals surface area contributed by atoms with Gasteiger partial charge in [-0.3, -0.25) is 19.2 Å². The highest BCUT2D eigenvalue weighted by Gasteiger charge is 2.30. The maximum absolute atomic E-state index is 13.2. The average Bonchev–Trinajstić information content (AvgIpc) is 3.24. The summed E-state index contributed by atoms with van der Waals surface area (Å²) in [4.78, 5) is 64.1. The third-order valence-corrected chi connectivity index (χ3v) is 5.54. The van der Waals surface area contributed by atoms with Crippen LogP contribution in [-0.2, 0) is 30.4 Å². The molecule has 0 bridgehead atoms. The van der Waals surface area contributed by atoms with Crippen molar-refractivity contribution in [2.75, 3.05) is 13.1 Å². The largest absolute Gasteiger partial charge is 0.480 e. The molecular weight excluding hydrogens is 470 g/mol. The van der Waals surface area contributed by atoms with Crippen LogP contribution < -0.4 is 33.2 Å². The van der Waals surface area contributed by atoms with Crippen LogP contribution in [0.5, 0.6) is 0 Å². The molecule has 11 N–H and O–H groups in total. The first-order chi connectivity index (χ1) is 17.2. The van der Waals surface area contributed by atoms with Crippen molar-refractivity contribution in [3.8, 4) is 0 Å². The number of hydrogen-bond acceptors (Lipinski definition) is 7. The lowest BCUT2D eigenvalue weighted by atomic mass is 10.0. The Morgan fingerprint density at radius 1 is 0.917 bits per heavy atom. The highest BCUT2D eigenvalue weighted by Crippen LogP contribution is 2.19. The van der Waals surface area contributed by atoms with Crippen molar-refractivity contribution in [2.45, 2.75) is 50.2 Å². The van der Waals surface area contributed by atoms with Gasteiger partial charge >= 0.3 is 5.97 Å². The summed E-state index contributed by atoms with van der Waals surface area (Å²) in [7, 11) is 0. The van der Waals surface area contributed by atoms with Crippen molar-refractivity contribution in [3.63, 3.8) is 0 Å². The van der Waals surface area contributed by atoms with Gasteiger partial charge < -0.3 is 43.2 Å². The van der Waals surface area contributed by atoms with E-state index in [2.05, 4.69) is 20.9 Å². The first-order valence-corrected chi connectivity index (χ1v) is 11.5. The zero-order valence-electron chi connectivity index (χ0n) is 19.8. The summed E-state index contributed by atoms with van der Waals surface area (Å²) < 4.78 is 0. The minimum Gasteiger partial charge on any atom is -0.480 e. The number of aromatic nitrogens is 1. The maximum atomic E-state index is 13.2. The molecule has 2 rings (SSSR count). The number of carbonyl (C=O) groups excluding carboxylic acids is 4. The predicted octanol–water partition coefficient (Wildman–Crippen LogP) is -1.79. The van der Waals surface area contributed by atoms with Crippen LogP contribution in [0, 0.1) is 0 Å². The fourth-order valence-corrected chi connectivity index (χ4v) is 3.69. The van der Waals surface area contributed by atoms with Gasteiger partial charge in [-0.1, -0.05) is 18.2 Å². The molecule has 2 aromatic rings. The van der Waals surface area contributed by atoms with E-state index in [1.54, 1.807) is 6.20 Å². The van der Waals surface area contributed by atoms with Gasteiger partial charge in [0.2, 0.25) is 23.6 Å². The van der Waals surface area contributed by atoms with E-state index in [4.69, 9.17) is 17.2 Å². The molecule has 4 amide bonds. The summed E-state index contributed by atoms with van der Waals surface area (Å²) in [6.45, 7) is -0.0415. The Morgan fingerprint density at radius 3 is 2.22 bits per heavy atom. The van der Waals surface area contributed by atoms with Gasteiger partial charge in [0.15, 0.2) is 0 Å². The number of carboxylic acid groups (broad SMARTS) is 1. The Morgan fingerprint density at radius 2 is 1.58 bits per heavy atom. The van der Waals surface area contributed by atoms with E-state index in [9.17, 15) is 29.1 Å². The highest BCUT2D eigenvalue weighted by atomic mass is 16.4. The van der Waals surface area contributed by atoms with Gasteiger partial charge in [0, 0.05) is 23.5 Å². The van der Waals surface area contributed by atoms with E-state index in [0.29, 0.717) is 24.9 Å². The van der Waals surface area contributed by atoms with Gasteiger partial charge in [0.1, 0.15) is 18.1 Å². The summed E-state index contributed by atoms with van der Waals surface area (Å²) in [6.07, 6.45) is 2.40. The van der Waals surface area contributed by atoms with Gasteiger partial charge in [0.05, 0.1) is 13.0 Å². The molecule has 196 valence electrons. The molecule has 0 aliphatic heterocycles. The molecule has 3 atom stereocenters. The van der Waals surface area contributed by atoms with Crippen molar-refractivity contribution in [3.05, 3.63) is 36.0 Å². The van der Waals surface area contributed by atoms with E-state index in [1.165, 1.54) is 0 Å². The zero-order chi connectivity index (χ0) is 26.7. The van der Waals surface area contributed by atoms with E-state index in [1.807, 2.05) is 24.3 Å². The zero-order valence-corrected chi connectivity index (χ0v) is 19.8. The van der Waals surface area contributed by atoms with Gasteiger partial charge in [0.25, 0.3) is 0 Å². The second-order valence-electron chi connectivity index (χ2n) is 8.30. The number of H-pyrrole nitrogens is 1. The topological polar surface area (TPSA) is 236 Å². The normalized spacial score (nSPS) is 13.4. The van der Waals surface area contributed by atoms with Crippen LogP contribution in [0.25, 0.3) is 10.9 Å². The van der Waals surface area contributed by atoms with Crippen LogP contribution in [0.3, 0.4) is 0 Å². The monoisotopic (exact) mass is 503 g/mol. The van der Waals surface area contributed by atoms with Crippen molar-refractivity contribution >= 4 is 40.5 Å². The van der Waals surface area contributed by atoms with Crippen LogP contribution in [0.4, 0.5) is 0 Å². The minimum atomic E-state index is -1.36. The predicted molar refractivity (Wildman–Crippen MR) is 131 cm³/mol. The molecule has 0 spiro atoms. The molecule has 36 heavy (non-hydrogen) atoms. The van der Waals surface area contributed by atoms with Crippen LogP contribution in [0.2, 0.25) is 0 Å². The first kappa shape index (κ1) is 28.3. The van der Waals surface area contributed by atoms with E-state index >= 15 is 0 Å². The number of rotatable bonds is 15. The number of primary amides is 1. The second kappa shape index (κ2) is 13.8. The summed E-state index contributed by atoms with van der Waals surface area (Å²) in [5.41, 5.74) is 17.5. The SMILES string of the molecule is NCCCCC(NC(=O)C(Cc1c[nH]c2ccccc12)NC(=O)C(CC(N)=O)NC(=O)CN)C(=O)O. The molecule has 3 unspecified atom stereocenters. The number of amides is 4. The van der Waals surface area contributed by atoms with E-state index in [0.717, 1.165) is 10.9 Å². The Labute approximate surface area is 207 Å². The number of para-hydroxylation sites is 1. The highest BCUT2D eigenvalue weighted by molar-refractivity contribution is 5.96. The third kappa shape index (κ3) is 8.36. The molecule has 0 radical (unpaired) electrons. The maximum Gasteiger partial charge on any atom is 0.326 e.